The third kappa shape index (κ3) is 7.23. The van der Waals surface area contributed by atoms with Crippen LogP contribution in [0.4, 0.5) is 13.2 Å². The van der Waals surface area contributed by atoms with E-state index in [4.69, 9.17) is 19.4 Å². The first-order valence-electron chi connectivity index (χ1n) is 9.80. The van der Waals surface area contributed by atoms with Gasteiger partial charge in [-0.05, 0) is 42.2 Å². The number of hydrogen-bond donors (Lipinski definition) is 1. The van der Waals surface area contributed by atoms with E-state index >= 15 is 0 Å². The molecule has 0 bridgehead atoms. The number of aromatic nitrogens is 1. The Kier molecular flexibility index (Phi) is 9.01. The Labute approximate surface area is 183 Å². The zero-order valence-corrected chi connectivity index (χ0v) is 17.7. The monoisotopic (exact) mass is 454 g/mol. The van der Waals surface area contributed by atoms with Crippen molar-refractivity contribution >= 4 is 11.9 Å². The van der Waals surface area contributed by atoms with Crippen molar-refractivity contribution in [2.24, 2.45) is 0 Å². The van der Waals surface area contributed by atoms with Crippen LogP contribution in [0.25, 0.3) is 0 Å². The van der Waals surface area contributed by atoms with Gasteiger partial charge in [0.15, 0.2) is 0 Å². The van der Waals surface area contributed by atoms with Gasteiger partial charge in [0.05, 0.1) is 25.7 Å². The summed E-state index contributed by atoms with van der Waals surface area (Å²) >= 11 is 0. The highest BCUT2D eigenvalue weighted by atomic mass is 19.4. The lowest BCUT2D eigenvalue weighted by atomic mass is 10.0. The molecule has 2 heterocycles. The Morgan fingerprint density at radius 2 is 1.81 bits per heavy atom. The molecule has 10 heteroatoms. The number of pyridine rings is 1. The molecule has 2 atom stereocenters. The van der Waals surface area contributed by atoms with Crippen LogP contribution >= 0.6 is 0 Å². The number of methoxy groups -OCH3 is 2. The van der Waals surface area contributed by atoms with Crippen molar-refractivity contribution < 1.29 is 37.3 Å². The van der Waals surface area contributed by atoms with Crippen molar-refractivity contribution in [3.8, 4) is 5.75 Å². The molecule has 174 valence electrons. The Hall–Kier alpha value is -3.14. The first-order chi connectivity index (χ1) is 15.2. The number of amides is 1. The maximum absolute atomic E-state index is 12.9. The summed E-state index contributed by atoms with van der Waals surface area (Å²) in [5, 5.41) is 7.12. The van der Waals surface area contributed by atoms with Gasteiger partial charge in [-0.3, -0.25) is 9.78 Å². The minimum Gasteiger partial charge on any atom is -0.497 e. The molecule has 3 rings (SSSR count). The number of ether oxygens (including phenoxy) is 2. The number of hydrogen-bond acceptors (Lipinski definition) is 5. The molecule has 0 spiro atoms. The van der Waals surface area contributed by atoms with Gasteiger partial charge >= 0.3 is 12.1 Å². The minimum absolute atomic E-state index is 0.0555. The maximum Gasteiger partial charge on any atom is 0.490 e. The molecule has 1 saturated heterocycles. The number of carboxylic acid groups (broad SMARTS) is 1. The number of alkyl halides is 3. The van der Waals surface area contributed by atoms with Crippen LogP contribution in [-0.2, 0) is 27.2 Å². The van der Waals surface area contributed by atoms with Crippen molar-refractivity contribution in [2.75, 3.05) is 20.8 Å². The van der Waals surface area contributed by atoms with E-state index in [9.17, 15) is 18.0 Å². The van der Waals surface area contributed by atoms with Crippen LogP contribution in [0.2, 0.25) is 0 Å². The molecule has 0 unspecified atom stereocenters. The highest BCUT2D eigenvalue weighted by Crippen LogP contribution is 2.25. The average molecular weight is 454 g/mol. The molecule has 7 nitrogen and oxygen atoms in total. The van der Waals surface area contributed by atoms with Gasteiger partial charge in [-0.15, -0.1) is 0 Å². The van der Waals surface area contributed by atoms with E-state index < -0.39 is 12.1 Å². The zero-order valence-electron chi connectivity index (χ0n) is 17.7. The smallest absolute Gasteiger partial charge is 0.490 e. The molecular weight excluding hydrogens is 429 g/mol. The molecule has 0 saturated carbocycles. The SMILES string of the molecule is COc1ccc(CC(=O)N2CC[C@H](OC)[C@@H]2Cc2cccnc2)cc1.O=C(O)C(F)(F)F. The molecule has 1 amide bonds. The molecular formula is C22H25F3N2O5. The Bertz CT molecular complexity index is 875. The second-order valence-electron chi connectivity index (χ2n) is 7.11. The van der Waals surface area contributed by atoms with E-state index in [1.54, 1.807) is 20.4 Å². The molecule has 1 aliphatic heterocycles. The second kappa shape index (κ2) is 11.5. The van der Waals surface area contributed by atoms with Gasteiger partial charge in [0, 0.05) is 26.0 Å². The summed E-state index contributed by atoms with van der Waals surface area (Å²) in [7, 11) is 3.36. The van der Waals surface area contributed by atoms with Crippen LogP contribution in [0, 0.1) is 0 Å². The van der Waals surface area contributed by atoms with Gasteiger partial charge in [-0.1, -0.05) is 18.2 Å². The van der Waals surface area contributed by atoms with Gasteiger partial charge in [-0.2, -0.15) is 13.2 Å². The highest BCUT2D eigenvalue weighted by Gasteiger charge is 2.38. The number of carbonyl (C=O) groups is 2. The summed E-state index contributed by atoms with van der Waals surface area (Å²) in [6.45, 7) is 0.735. The average Bonchev–Trinajstić information content (AvgIpc) is 3.17. The number of nitrogens with zero attached hydrogens (tertiary/aromatic N) is 2. The predicted octanol–water partition coefficient (Wildman–Crippen LogP) is 3.12. The quantitative estimate of drug-likeness (QED) is 0.722. The van der Waals surface area contributed by atoms with Crippen molar-refractivity contribution in [3.63, 3.8) is 0 Å². The summed E-state index contributed by atoms with van der Waals surface area (Å²) in [6.07, 6.45) is 0.635. The van der Waals surface area contributed by atoms with Gasteiger partial charge in [0.1, 0.15) is 5.75 Å². The summed E-state index contributed by atoms with van der Waals surface area (Å²) in [5.74, 6) is -1.82. The fourth-order valence-corrected chi connectivity index (χ4v) is 3.43. The Morgan fingerprint density at radius 3 is 2.31 bits per heavy atom. The number of aliphatic carboxylic acids is 1. The number of carbonyl (C=O) groups excluding carboxylic acids is 1. The summed E-state index contributed by atoms with van der Waals surface area (Å²) in [6, 6.07) is 11.7. The van der Waals surface area contributed by atoms with Crippen LogP contribution in [0.3, 0.4) is 0 Å². The molecule has 1 aromatic heterocycles. The van der Waals surface area contributed by atoms with Gasteiger partial charge in [0.2, 0.25) is 5.91 Å². The fourth-order valence-electron chi connectivity index (χ4n) is 3.43. The van der Waals surface area contributed by atoms with Crippen LogP contribution < -0.4 is 4.74 Å². The minimum atomic E-state index is -5.08. The van der Waals surface area contributed by atoms with E-state index in [-0.39, 0.29) is 18.1 Å². The van der Waals surface area contributed by atoms with Crippen LogP contribution in [0.15, 0.2) is 48.8 Å². The van der Waals surface area contributed by atoms with Crippen molar-refractivity contribution in [3.05, 3.63) is 59.9 Å². The molecule has 0 aliphatic carbocycles. The largest absolute Gasteiger partial charge is 0.497 e. The van der Waals surface area contributed by atoms with E-state index in [1.165, 1.54) is 0 Å². The molecule has 1 fully saturated rings. The van der Waals surface area contributed by atoms with E-state index in [0.29, 0.717) is 6.42 Å². The molecule has 1 aromatic carbocycles. The maximum atomic E-state index is 12.9. The number of benzene rings is 1. The molecule has 2 aromatic rings. The van der Waals surface area contributed by atoms with Crippen molar-refractivity contribution in [1.82, 2.24) is 9.88 Å². The lowest BCUT2D eigenvalue weighted by molar-refractivity contribution is -0.192. The molecule has 32 heavy (non-hydrogen) atoms. The van der Waals surface area contributed by atoms with Gasteiger partial charge < -0.3 is 19.5 Å². The molecule has 0 radical (unpaired) electrons. The van der Waals surface area contributed by atoms with Gasteiger partial charge in [-0.25, -0.2) is 4.79 Å². The fraction of sp³-hybridized carbons (Fsp3) is 0.409. The highest BCUT2D eigenvalue weighted by molar-refractivity contribution is 5.79. The normalized spacial score (nSPS) is 18.0. The van der Waals surface area contributed by atoms with E-state index in [0.717, 1.165) is 36.3 Å². The third-order valence-electron chi connectivity index (χ3n) is 5.03. The van der Waals surface area contributed by atoms with E-state index in [1.807, 2.05) is 47.5 Å². The van der Waals surface area contributed by atoms with E-state index in [2.05, 4.69) is 4.98 Å². The van der Waals surface area contributed by atoms with Crippen LogP contribution in [0.1, 0.15) is 17.5 Å². The molecule has 1 N–H and O–H groups in total. The Morgan fingerprint density at radius 1 is 1.16 bits per heavy atom. The lowest BCUT2D eigenvalue weighted by Crippen LogP contribution is -2.42. The number of likely N-dealkylation sites (tertiary alicyclic amines) is 1. The summed E-state index contributed by atoms with van der Waals surface area (Å²) in [5.41, 5.74) is 2.12. The first-order valence-corrected chi connectivity index (χ1v) is 9.80. The predicted molar refractivity (Wildman–Crippen MR) is 109 cm³/mol. The summed E-state index contributed by atoms with van der Waals surface area (Å²) < 4.78 is 42.5. The topological polar surface area (TPSA) is 89.0 Å². The van der Waals surface area contributed by atoms with Gasteiger partial charge in [0.25, 0.3) is 0 Å². The third-order valence-corrected chi connectivity index (χ3v) is 5.03. The Balaban J connectivity index is 0.000000451. The second-order valence-corrected chi connectivity index (χ2v) is 7.11. The standard InChI is InChI=1S/C20H24N2O3.C2HF3O2/c1-24-17-7-5-15(6-8-17)13-20(23)22-11-9-19(25-2)18(22)12-16-4-3-10-21-14-16;3-2(4,5)1(6)7/h3-8,10,14,18-19H,9,11-13H2,1-2H3;(H,6,7)/t18-,19-;/m0./s1. The van der Waals surface area contributed by atoms with Crippen LogP contribution in [-0.4, -0.2) is 66.0 Å². The van der Waals surface area contributed by atoms with Crippen LogP contribution in [0.5, 0.6) is 5.75 Å². The zero-order chi connectivity index (χ0) is 23.7. The number of carboxylic acids is 1. The number of halogens is 3. The number of rotatable bonds is 6. The molecule has 1 aliphatic rings. The van der Waals surface area contributed by atoms with Crippen molar-refractivity contribution in [1.29, 1.82) is 0 Å². The van der Waals surface area contributed by atoms with Crippen molar-refractivity contribution in [2.45, 2.75) is 37.6 Å². The first kappa shape index (κ1) is 25.1. The lowest BCUT2D eigenvalue weighted by Gasteiger charge is -2.28. The summed E-state index contributed by atoms with van der Waals surface area (Å²) in [4.78, 5) is 27.9.